The summed E-state index contributed by atoms with van der Waals surface area (Å²) in [6.07, 6.45) is 5.22. The molecular weight excluding hydrogens is 246 g/mol. The van der Waals surface area contributed by atoms with Crippen molar-refractivity contribution in [3.05, 3.63) is 46.5 Å². The molecule has 1 aromatic carbocycles. The zero-order valence-corrected chi connectivity index (χ0v) is 10.5. The zero-order chi connectivity index (χ0) is 13.8. The Labute approximate surface area is 110 Å². The van der Waals surface area contributed by atoms with E-state index < -0.39 is 4.92 Å². The normalized spacial score (nSPS) is 10.4. The number of nitrogens with one attached hydrogen (secondary N) is 1. The average Bonchev–Trinajstić information content (AvgIpc) is 2.87. The van der Waals surface area contributed by atoms with Crippen LogP contribution in [0.1, 0.15) is 19.2 Å². The molecule has 0 saturated carbocycles. The first-order valence-corrected chi connectivity index (χ1v) is 5.94. The molecule has 0 bridgehead atoms. The van der Waals surface area contributed by atoms with Crippen molar-refractivity contribution in [3.63, 3.8) is 0 Å². The number of hydrogen-bond acceptors (Lipinski definition) is 5. The lowest BCUT2D eigenvalue weighted by molar-refractivity contribution is -0.384. The number of benzene rings is 1. The monoisotopic (exact) mass is 261 g/mol. The van der Waals surface area contributed by atoms with Crippen LogP contribution in [0.5, 0.6) is 0 Å². The number of nitro benzene ring substituents is 1. The van der Waals surface area contributed by atoms with Crippen molar-refractivity contribution in [1.82, 2.24) is 9.55 Å². The van der Waals surface area contributed by atoms with Crippen molar-refractivity contribution in [3.8, 4) is 5.69 Å². The fourth-order valence-electron chi connectivity index (χ4n) is 1.90. The fraction of sp³-hybridized carbons (Fsp3) is 0.250. The van der Waals surface area contributed by atoms with Crippen molar-refractivity contribution in [2.75, 3.05) is 5.43 Å². The SMILES string of the molecule is CCCc1nccn1-c1cc(NN)cc([N+](=O)[O-])c1. The highest BCUT2D eigenvalue weighted by atomic mass is 16.6. The highest BCUT2D eigenvalue weighted by Crippen LogP contribution is 2.24. The number of aromatic nitrogens is 2. The minimum absolute atomic E-state index is 0.0124. The molecule has 0 amide bonds. The molecule has 3 N–H and O–H groups in total. The number of nitrogen functional groups attached to an aromatic ring is 1. The summed E-state index contributed by atoms with van der Waals surface area (Å²) in [6, 6.07) is 4.63. The van der Waals surface area contributed by atoms with Gasteiger partial charge in [0.15, 0.2) is 0 Å². The third-order valence-electron chi connectivity index (χ3n) is 2.75. The molecule has 0 aliphatic carbocycles. The van der Waals surface area contributed by atoms with Gasteiger partial charge in [-0.3, -0.25) is 16.0 Å². The third kappa shape index (κ3) is 2.71. The number of aryl methyl sites for hydroxylation is 1. The van der Waals surface area contributed by atoms with Gasteiger partial charge in [-0.05, 0) is 12.5 Å². The van der Waals surface area contributed by atoms with E-state index in [-0.39, 0.29) is 5.69 Å². The molecule has 0 atom stereocenters. The number of nitrogens with zero attached hydrogens (tertiary/aromatic N) is 3. The van der Waals surface area contributed by atoms with Gasteiger partial charge in [0.25, 0.3) is 5.69 Å². The smallest absolute Gasteiger partial charge is 0.273 e. The average molecular weight is 261 g/mol. The maximum atomic E-state index is 10.9. The predicted octanol–water partition coefficient (Wildman–Crippen LogP) is 2.02. The van der Waals surface area contributed by atoms with E-state index in [9.17, 15) is 10.1 Å². The lowest BCUT2D eigenvalue weighted by Crippen LogP contribution is -2.08. The quantitative estimate of drug-likeness (QED) is 0.487. The van der Waals surface area contributed by atoms with Crippen LogP contribution < -0.4 is 11.3 Å². The molecule has 0 aliphatic rings. The molecule has 0 fully saturated rings. The number of nitrogens with two attached hydrogens (primary N) is 1. The Morgan fingerprint density at radius 1 is 1.47 bits per heavy atom. The highest BCUT2D eigenvalue weighted by Gasteiger charge is 2.12. The van der Waals surface area contributed by atoms with Crippen LogP contribution in [0.4, 0.5) is 11.4 Å². The maximum absolute atomic E-state index is 10.9. The topological polar surface area (TPSA) is 99.0 Å². The van der Waals surface area contributed by atoms with Crippen molar-refractivity contribution in [1.29, 1.82) is 0 Å². The molecule has 7 heteroatoms. The lowest BCUT2D eigenvalue weighted by atomic mass is 10.2. The van der Waals surface area contributed by atoms with E-state index in [1.807, 2.05) is 4.57 Å². The van der Waals surface area contributed by atoms with Crippen molar-refractivity contribution in [2.45, 2.75) is 19.8 Å². The molecule has 19 heavy (non-hydrogen) atoms. The highest BCUT2D eigenvalue weighted by molar-refractivity contribution is 5.58. The van der Waals surface area contributed by atoms with Gasteiger partial charge < -0.3 is 9.99 Å². The second-order valence-electron chi connectivity index (χ2n) is 4.10. The molecule has 1 heterocycles. The number of hydrogen-bond donors (Lipinski definition) is 2. The van der Waals surface area contributed by atoms with Crippen LogP contribution in [-0.2, 0) is 6.42 Å². The van der Waals surface area contributed by atoms with E-state index in [4.69, 9.17) is 5.84 Å². The lowest BCUT2D eigenvalue weighted by Gasteiger charge is -2.09. The minimum Gasteiger partial charge on any atom is -0.324 e. The Hall–Kier alpha value is -2.41. The Bertz CT molecular complexity index is 594. The van der Waals surface area contributed by atoms with E-state index >= 15 is 0 Å². The van der Waals surface area contributed by atoms with Gasteiger partial charge in [0.05, 0.1) is 16.3 Å². The van der Waals surface area contributed by atoms with E-state index in [1.54, 1.807) is 18.5 Å². The van der Waals surface area contributed by atoms with Gasteiger partial charge in [-0.15, -0.1) is 0 Å². The van der Waals surface area contributed by atoms with Crippen LogP contribution in [0.3, 0.4) is 0 Å². The molecule has 0 unspecified atom stereocenters. The molecule has 7 nitrogen and oxygen atoms in total. The maximum Gasteiger partial charge on any atom is 0.273 e. The molecule has 2 aromatic rings. The second kappa shape index (κ2) is 5.49. The standard InChI is InChI=1S/C12H15N5O2/c1-2-3-12-14-4-5-16(12)10-6-9(15-13)7-11(8-10)17(18)19/h4-8,15H,2-3,13H2,1H3. The van der Waals surface area contributed by atoms with Crippen molar-refractivity contribution >= 4 is 11.4 Å². The summed E-state index contributed by atoms with van der Waals surface area (Å²) in [5.74, 6) is 6.21. The summed E-state index contributed by atoms with van der Waals surface area (Å²) in [5, 5.41) is 10.9. The van der Waals surface area contributed by atoms with E-state index in [1.165, 1.54) is 12.1 Å². The summed E-state index contributed by atoms with van der Waals surface area (Å²) >= 11 is 0. The largest absolute Gasteiger partial charge is 0.324 e. The number of rotatable bonds is 5. The number of non-ortho nitro benzene ring substituents is 1. The van der Waals surface area contributed by atoms with Crippen LogP contribution in [0.2, 0.25) is 0 Å². The van der Waals surface area contributed by atoms with Gasteiger partial charge in [-0.2, -0.15) is 0 Å². The van der Waals surface area contributed by atoms with Gasteiger partial charge in [0, 0.05) is 30.9 Å². The first kappa shape index (κ1) is 13.0. The van der Waals surface area contributed by atoms with Crippen LogP contribution in [0, 0.1) is 10.1 Å². The van der Waals surface area contributed by atoms with Gasteiger partial charge in [0.1, 0.15) is 5.82 Å². The summed E-state index contributed by atoms with van der Waals surface area (Å²) in [6.45, 7) is 2.05. The molecule has 0 aliphatic heterocycles. The number of nitro groups is 1. The number of anilines is 1. The molecule has 1 aromatic heterocycles. The van der Waals surface area contributed by atoms with Gasteiger partial charge >= 0.3 is 0 Å². The van der Waals surface area contributed by atoms with Crippen LogP contribution >= 0.6 is 0 Å². The molecule has 100 valence electrons. The molecule has 2 rings (SSSR count). The third-order valence-corrected chi connectivity index (χ3v) is 2.75. The summed E-state index contributed by atoms with van der Waals surface area (Å²) in [7, 11) is 0. The molecule has 0 spiro atoms. The zero-order valence-electron chi connectivity index (χ0n) is 10.5. The number of hydrazine groups is 1. The Balaban J connectivity index is 2.51. The van der Waals surface area contributed by atoms with Gasteiger partial charge in [0.2, 0.25) is 0 Å². The van der Waals surface area contributed by atoms with Crippen molar-refractivity contribution in [2.24, 2.45) is 5.84 Å². The second-order valence-corrected chi connectivity index (χ2v) is 4.10. The predicted molar refractivity (Wildman–Crippen MR) is 72.0 cm³/mol. The number of imidazole rings is 1. The first-order chi connectivity index (χ1) is 9.15. The Morgan fingerprint density at radius 2 is 2.26 bits per heavy atom. The van der Waals surface area contributed by atoms with Crippen LogP contribution in [0.15, 0.2) is 30.6 Å². The first-order valence-electron chi connectivity index (χ1n) is 5.94. The summed E-state index contributed by atoms with van der Waals surface area (Å²) in [5.41, 5.74) is 3.58. The fourth-order valence-corrected chi connectivity index (χ4v) is 1.90. The minimum atomic E-state index is -0.444. The molecule has 0 saturated heterocycles. The molecular formula is C12H15N5O2. The van der Waals surface area contributed by atoms with E-state index in [0.29, 0.717) is 11.4 Å². The van der Waals surface area contributed by atoms with Gasteiger partial charge in [-0.25, -0.2) is 4.98 Å². The van der Waals surface area contributed by atoms with Crippen molar-refractivity contribution < 1.29 is 4.92 Å². The van der Waals surface area contributed by atoms with E-state index in [0.717, 1.165) is 18.7 Å². The Kier molecular flexibility index (Phi) is 3.76. The molecule has 0 radical (unpaired) electrons. The van der Waals surface area contributed by atoms with Gasteiger partial charge in [-0.1, -0.05) is 6.92 Å². The van der Waals surface area contributed by atoms with E-state index in [2.05, 4.69) is 17.3 Å². The Morgan fingerprint density at radius 3 is 2.89 bits per heavy atom. The summed E-state index contributed by atoms with van der Waals surface area (Å²) < 4.78 is 1.83. The summed E-state index contributed by atoms with van der Waals surface area (Å²) in [4.78, 5) is 14.7. The van der Waals surface area contributed by atoms with Crippen LogP contribution in [-0.4, -0.2) is 14.5 Å². The van der Waals surface area contributed by atoms with Crippen LogP contribution in [0.25, 0.3) is 5.69 Å².